The molecule has 1 aliphatic heterocycles. The Bertz CT molecular complexity index is 899. The summed E-state index contributed by atoms with van der Waals surface area (Å²) in [4.78, 5) is 32.1. The van der Waals surface area contributed by atoms with Crippen molar-refractivity contribution < 1.29 is 9.59 Å². The highest BCUT2D eigenvalue weighted by Crippen LogP contribution is 2.29. The number of nitrogens with zero attached hydrogens (tertiary/aromatic N) is 3. The summed E-state index contributed by atoms with van der Waals surface area (Å²) < 4.78 is 0. The first-order valence-electron chi connectivity index (χ1n) is 9.12. The number of hydrogen-bond acceptors (Lipinski definition) is 4. The van der Waals surface area contributed by atoms with Crippen molar-refractivity contribution in [3.05, 3.63) is 64.7 Å². The molecular weight excluding hydrogens is 376 g/mol. The van der Waals surface area contributed by atoms with Crippen molar-refractivity contribution in [1.82, 2.24) is 4.90 Å². The van der Waals surface area contributed by atoms with Crippen molar-refractivity contribution >= 4 is 34.8 Å². The lowest BCUT2D eigenvalue weighted by atomic mass is 10.00. The zero-order valence-corrected chi connectivity index (χ0v) is 16.5. The van der Waals surface area contributed by atoms with Crippen LogP contribution >= 0.6 is 11.6 Å². The number of primary amides is 1. The summed E-state index contributed by atoms with van der Waals surface area (Å²) in [5, 5.41) is 0.593. The normalized spacial score (nSPS) is 13.9. The largest absolute Gasteiger partial charge is 0.370 e. The minimum absolute atomic E-state index is 0.0710. The first kappa shape index (κ1) is 20.0. The Hall–Kier alpha value is -2.70. The molecule has 3 rings (SSSR count). The third-order valence-electron chi connectivity index (χ3n) is 4.67. The summed E-state index contributed by atoms with van der Waals surface area (Å²) in [5.74, 6) is -0.406. The van der Waals surface area contributed by atoms with Crippen LogP contribution in [0.2, 0.25) is 5.02 Å². The lowest BCUT2D eigenvalue weighted by Gasteiger charge is -2.26. The molecule has 0 bridgehead atoms. The third kappa shape index (κ3) is 4.77. The first-order chi connectivity index (χ1) is 13.5. The molecule has 0 aromatic heterocycles. The van der Waals surface area contributed by atoms with Gasteiger partial charge in [0.25, 0.3) is 0 Å². The van der Waals surface area contributed by atoms with Gasteiger partial charge in [-0.05, 0) is 25.2 Å². The number of nitrogens with two attached hydrogens (primary N) is 1. The molecule has 1 aliphatic rings. The van der Waals surface area contributed by atoms with Gasteiger partial charge in [-0.2, -0.15) is 0 Å². The standard InChI is InChI=1S/C21H23ClN4O2/c1-25(10-9-19(23)27)11-12-26-18-8-7-16(22)13-17(18)21(24-14-20(26)28)15-5-3-2-4-6-15/h2-8,13H,9-12,14H2,1H3,(H2,23,27). The van der Waals surface area contributed by atoms with E-state index in [1.807, 2.05) is 54.4 Å². The van der Waals surface area contributed by atoms with E-state index in [4.69, 9.17) is 17.3 Å². The summed E-state index contributed by atoms with van der Waals surface area (Å²) >= 11 is 6.25. The van der Waals surface area contributed by atoms with E-state index < -0.39 is 0 Å². The molecule has 0 spiro atoms. The number of aliphatic imine (C=N–C) groups is 1. The zero-order chi connectivity index (χ0) is 20.1. The van der Waals surface area contributed by atoms with Crippen LogP contribution in [0.15, 0.2) is 53.5 Å². The Labute approximate surface area is 169 Å². The van der Waals surface area contributed by atoms with E-state index in [0.29, 0.717) is 24.7 Å². The smallest absolute Gasteiger partial charge is 0.248 e. The highest BCUT2D eigenvalue weighted by molar-refractivity contribution is 6.32. The van der Waals surface area contributed by atoms with Gasteiger partial charge in [-0.25, -0.2) is 0 Å². The molecule has 0 fully saturated rings. The predicted octanol–water partition coefficient (Wildman–Crippen LogP) is 2.33. The average Bonchev–Trinajstić information content (AvgIpc) is 2.81. The molecule has 0 aliphatic carbocycles. The fraction of sp³-hybridized carbons (Fsp3) is 0.286. The lowest BCUT2D eigenvalue weighted by molar-refractivity contribution is -0.119. The number of carbonyl (C=O) groups is 2. The van der Waals surface area contributed by atoms with Gasteiger partial charge in [0.15, 0.2) is 0 Å². The fourth-order valence-corrected chi connectivity index (χ4v) is 3.33. The number of halogens is 1. The van der Waals surface area contributed by atoms with E-state index in [-0.39, 0.29) is 24.8 Å². The number of carbonyl (C=O) groups excluding carboxylic acids is 2. The SMILES string of the molecule is CN(CCC(N)=O)CCN1C(=O)CN=C(c2ccccc2)c2cc(Cl)ccc21. The van der Waals surface area contributed by atoms with Crippen LogP contribution in [0.3, 0.4) is 0 Å². The number of likely N-dealkylation sites (N-methyl/N-ethyl adjacent to an activating group) is 1. The van der Waals surface area contributed by atoms with Crippen LogP contribution in [0.1, 0.15) is 17.5 Å². The maximum atomic E-state index is 12.8. The molecule has 146 valence electrons. The Morgan fingerprint density at radius 3 is 2.68 bits per heavy atom. The Morgan fingerprint density at radius 2 is 1.96 bits per heavy atom. The predicted molar refractivity (Wildman–Crippen MR) is 112 cm³/mol. The summed E-state index contributed by atoms with van der Waals surface area (Å²) in [6, 6.07) is 15.3. The molecule has 0 atom stereocenters. The van der Waals surface area contributed by atoms with Gasteiger partial charge in [0.1, 0.15) is 6.54 Å². The van der Waals surface area contributed by atoms with Crippen LogP contribution in [0.4, 0.5) is 5.69 Å². The summed E-state index contributed by atoms with van der Waals surface area (Å²) in [5.41, 5.74) is 8.54. The molecule has 2 N–H and O–H groups in total. The summed E-state index contributed by atoms with van der Waals surface area (Å²) in [6.45, 7) is 1.72. The number of benzodiazepines with no additional fused rings is 1. The molecule has 0 saturated carbocycles. The van der Waals surface area contributed by atoms with Gasteiger partial charge in [0.05, 0.1) is 11.4 Å². The topological polar surface area (TPSA) is 79.0 Å². The van der Waals surface area contributed by atoms with Crippen LogP contribution in [0.5, 0.6) is 0 Å². The highest BCUT2D eigenvalue weighted by atomic mass is 35.5. The number of fused-ring (bicyclic) bond motifs is 1. The second-order valence-electron chi connectivity index (χ2n) is 6.76. The van der Waals surface area contributed by atoms with E-state index in [2.05, 4.69) is 4.99 Å². The van der Waals surface area contributed by atoms with Gasteiger partial charge in [0, 0.05) is 42.2 Å². The van der Waals surface area contributed by atoms with Crippen LogP contribution in [0.25, 0.3) is 0 Å². The Kier molecular flexibility index (Phi) is 6.44. The number of hydrogen-bond donors (Lipinski definition) is 1. The van der Waals surface area contributed by atoms with Crippen LogP contribution in [-0.4, -0.2) is 55.7 Å². The molecule has 6 nitrogen and oxygen atoms in total. The molecule has 0 radical (unpaired) electrons. The van der Waals surface area contributed by atoms with E-state index >= 15 is 0 Å². The molecule has 28 heavy (non-hydrogen) atoms. The van der Waals surface area contributed by atoms with Gasteiger partial charge in [-0.1, -0.05) is 41.9 Å². The summed E-state index contributed by atoms with van der Waals surface area (Å²) in [6.07, 6.45) is 0.290. The van der Waals surface area contributed by atoms with E-state index in [1.165, 1.54) is 0 Å². The van der Waals surface area contributed by atoms with Crippen LogP contribution in [-0.2, 0) is 9.59 Å². The number of benzene rings is 2. The van der Waals surface area contributed by atoms with Crippen molar-refractivity contribution in [2.45, 2.75) is 6.42 Å². The molecule has 1 heterocycles. The molecule has 2 aromatic rings. The second-order valence-corrected chi connectivity index (χ2v) is 7.19. The number of amides is 2. The first-order valence-corrected chi connectivity index (χ1v) is 9.50. The lowest BCUT2D eigenvalue weighted by Crippen LogP contribution is -2.39. The molecule has 7 heteroatoms. The number of anilines is 1. The average molecular weight is 399 g/mol. The highest BCUT2D eigenvalue weighted by Gasteiger charge is 2.25. The fourth-order valence-electron chi connectivity index (χ4n) is 3.16. The zero-order valence-electron chi connectivity index (χ0n) is 15.8. The van der Waals surface area contributed by atoms with E-state index in [0.717, 1.165) is 22.5 Å². The monoisotopic (exact) mass is 398 g/mol. The molecule has 0 saturated heterocycles. The van der Waals surface area contributed by atoms with Gasteiger partial charge in [-0.15, -0.1) is 0 Å². The van der Waals surface area contributed by atoms with Crippen molar-refractivity contribution in [2.24, 2.45) is 10.7 Å². The van der Waals surface area contributed by atoms with Crippen molar-refractivity contribution in [3.8, 4) is 0 Å². The third-order valence-corrected chi connectivity index (χ3v) is 4.91. The van der Waals surface area contributed by atoms with Crippen LogP contribution in [0, 0.1) is 0 Å². The van der Waals surface area contributed by atoms with Crippen molar-refractivity contribution in [2.75, 3.05) is 38.1 Å². The van der Waals surface area contributed by atoms with Gasteiger partial charge < -0.3 is 15.5 Å². The second kappa shape index (κ2) is 8.99. The van der Waals surface area contributed by atoms with E-state index in [9.17, 15) is 9.59 Å². The molecular formula is C21H23ClN4O2. The molecule has 2 amide bonds. The Morgan fingerprint density at radius 1 is 1.21 bits per heavy atom. The van der Waals surface area contributed by atoms with Crippen LogP contribution < -0.4 is 10.6 Å². The Balaban J connectivity index is 1.88. The maximum absolute atomic E-state index is 12.8. The van der Waals surface area contributed by atoms with Gasteiger partial charge in [0.2, 0.25) is 11.8 Å². The maximum Gasteiger partial charge on any atom is 0.248 e. The molecule has 2 aromatic carbocycles. The number of rotatable bonds is 7. The summed E-state index contributed by atoms with van der Waals surface area (Å²) in [7, 11) is 1.90. The van der Waals surface area contributed by atoms with Crippen molar-refractivity contribution in [3.63, 3.8) is 0 Å². The van der Waals surface area contributed by atoms with Crippen molar-refractivity contribution in [1.29, 1.82) is 0 Å². The quantitative estimate of drug-likeness (QED) is 0.777. The minimum Gasteiger partial charge on any atom is -0.370 e. The minimum atomic E-state index is -0.335. The van der Waals surface area contributed by atoms with E-state index in [1.54, 1.807) is 11.0 Å². The van der Waals surface area contributed by atoms with Gasteiger partial charge >= 0.3 is 0 Å². The van der Waals surface area contributed by atoms with Gasteiger partial charge in [-0.3, -0.25) is 14.6 Å². The molecule has 0 unspecified atom stereocenters.